The molecule has 2 aromatic rings. The van der Waals surface area contributed by atoms with Crippen LogP contribution in [0.2, 0.25) is 0 Å². The van der Waals surface area contributed by atoms with E-state index in [0.717, 1.165) is 12.1 Å². The van der Waals surface area contributed by atoms with Crippen molar-refractivity contribution in [3.63, 3.8) is 0 Å². The van der Waals surface area contributed by atoms with Gasteiger partial charge in [0.2, 0.25) is 0 Å². The standard InChI is InChI=1S/C17H14F3NO.C2H6/c1-3-12-5-4-10(2)16(15(12)18)22-14-7-11(9-21)6-13(8-14)17(19)20;1-2/h4-8,17H,3H2,1-2H3;1-2H3. The van der Waals surface area contributed by atoms with Gasteiger partial charge in [-0.25, -0.2) is 13.2 Å². The van der Waals surface area contributed by atoms with Crippen molar-refractivity contribution >= 4 is 0 Å². The topological polar surface area (TPSA) is 33.0 Å². The minimum absolute atomic E-state index is 0.00495. The summed E-state index contributed by atoms with van der Waals surface area (Å²) in [6.45, 7) is 7.47. The number of hydrogen-bond acceptors (Lipinski definition) is 2. The van der Waals surface area contributed by atoms with Crippen LogP contribution in [0.5, 0.6) is 11.5 Å². The molecule has 0 fully saturated rings. The minimum Gasteiger partial charge on any atom is -0.454 e. The van der Waals surface area contributed by atoms with Gasteiger partial charge in [-0.1, -0.05) is 32.9 Å². The molecule has 0 radical (unpaired) electrons. The van der Waals surface area contributed by atoms with Crippen LogP contribution < -0.4 is 4.74 Å². The lowest BCUT2D eigenvalue weighted by Crippen LogP contribution is -1.97. The van der Waals surface area contributed by atoms with E-state index in [9.17, 15) is 13.2 Å². The summed E-state index contributed by atoms with van der Waals surface area (Å²) in [7, 11) is 0. The van der Waals surface area contributed by atoms with Gasteiger partial charge >= 0.3 is 0 Å². The summed E-state index contributed by atoms with van der Waals surface area (Å²) < 4.78 is 45.5. The fourth-order valence-corrected chi connectivity index (χ4v) is 2.08. The van der Waals surface area contributed by atoms with Crippen LogP contribution in [0.15, 0.2) is 30.3 Å². The predicted octanol–water partition coefficient (Wildman–Crippen LogP) is 6.32. The van der Waals surface area contributed by atoms with Gasteiger partial charge in [0.05, 0.1) is 11.6 Å². The van der Waals surface area contributed by atoms with Crippen LogP contribution >= 0.6 is 0 Å². The van der Waals surface area contributed by atoms with Gasteiger partial charge < -0.3 is 4.74 Å². The van der Waals surface area contributed by atoms with Crippen molar-refractivity contribution in [1.82, 2.24) is 0 Å². The summed E-state index contributed by atoms with van der Waals surface area (Å²) in [5.74, 6) is -0.497. The summed E-state index contributed by atoms with van der Waals surface area (Å²) in [4.78, 5) is 0. The number of hydrogen-bond donors (Lipinski definition) is 0. The molecule has 2 aromatic carbocycles. The molecule has 0 unspecified atom stereocenters. The van der Waals surface area contributed by atoms with E-state index >= 15 is 0 Å². The number of ether oxygens (including phenoxy) is 1. The maximum Gasteiger partial charge on any atom is 0.264 e. The monoisotopic (exact) mass is 335 g/mol. The summed E-state index contributed by atoms with van der Waals surface area (Å²) >= 11 is 0. The molecule has 0 atom stereocenters. The summed E-state index contributed by atoms with van der Waals surface area (Å²) in [5.41, 5.74) is 0.734. The Morgan fingerprint density at radius 1 is 1.17 bits per heavy atom. The van der Waals surface area contributed by atoms with E-state index in [0.29, 0.717) is 17.5 Å². The molecule has 0 saturated carbocycles. The van der Waals surface area contributed by atoms with Crippen LogP contribution in [0.1, 0.15) is 49.5 Å². The lowest BCUT2D eigenvalue weighted by Gasteiger charge is -2.13. The van der Waals surface area contributed by atoms with Gasteiger partial charge in [-0.15, -0.1) is 0 Å². The van der Waals surface area contributed by atoms with Gasteiger partial charge in [-0.3, -0.25) is 0 Å². The van der Waals surface area contributed by atoms with Crippen LogP contribution in [-0.2, 0) is 6.42 Å². The van der Waals surface area contributed by atoms with Crippen molar-refractivity contribution < 1.29 is 17.9 Å². The molecule has 5 heteroatoms. The van der Waals surface area contributed by atoms with Crippen molar-refractivity contribution in [1.29, 1.82) is 5.26 Å². The average Bonchev–Trinajstić information content (AvgIpc) is 2.60. The Morgan fingerprint density at radius 2 is 1.83 bits per heavy atom. The second-order valence-corrected chi connectivity index (χ2v) is 4.84. The highest BCUT2D eigenvalue weighted by molar-refractivity contribution is 5.46. The molecule has 0 spiro atoms. The Labute approximate surface area is 140 Å². The van der Waals surface area contributed by atoms with E-state index in [1.807, 2.05) is 20.8 Å². The number of rotatable bonds is 4. The first-order valence-corrected chi connectivity index (χ1v) is 7.75. The van der Waals surface area contributed by atoms with Crippen molar-refractivity contribution in [3.05, 3.63) is 58.4 Å². The SMILES string of the molecule is CC.CCc1ccc(C)c(Oc2cc(C#N)cc(C(F)F)c2)c1F. The molecule has 0 N–H and O–H groups in total. The highest BCUT2D eigenvalue weighted by Crippen LogP contribution is 2.33. The van der Waals surface area contributed by atoms with E-state index in [1.165, 1.54) is 6.07 Å². The van der Waals surface area contributed by atoms with Gasteiger partial charge in [0.25, 0.3) is 6.43 Å². The molecule has 0 aliphatic heterocycles. The van der Waals surface area contributed by atoms with E-state index in [4.69, 9.17) is 10.00 Å². The zero-order valence-corrected chi connectivity index (χ0v) is 14.2. The fourth-order valence-electron chi connectivity index (χ4n) is 2.08. The summed E-state index contributed by atoms with van der Waals surface area (Å²) in [6.07, 6.45) is -2.24. The molecule has 0 bridgehead atoms. The molecule has 0 saturated heterocycles. The first-order valence-electron chi connectivity index (χ1n) is 7.75. The molecule has 0 amide bonds. The Kier molecular flexibility index (Phi) is 7.31. The molecule has 0 aromatic heterocycles. The molecule has 0 aliphatic carbocycles. The maximum atomic E-state index is 14.3. The van der Waals surface area contributed by atoms with Crippen LogP contribution in [-0.4, -0.2) is 0 Å². The third-order valence-electron chi connectivity index (χ3n) is 3.28. The zero-order valence-electron chi connectivity index (χ0n) is 14.2. The van der Waals surface area contributed by atoms with Gasteiger partial charge in [-0.2, -0.15) is 5.26 Å². The van der Waals surface area contributed by atoms with Crippen molar-refractivity contribution in [3.8, 4) is 17.6 Å². The first-order chi connectivity index (χ1) is 11.5. The molecular formula is C19H20F3NO. The Hall–Kier alpha value is -2.48. The van der Waals surface area contributed by atoms with E-state index in [1.54, 1.807) is 25.1 Å². The van der Waals surface area contributed by atoms with Gasteiger partial charge in [0.15, 0.2) is 11.6 Å². The third-order valence-corrected chi connectivity index (χ3v) is 3.28. The third kappa shape index (κ3) is 4.51. The zero-order chi connectivity index (χ0) is 18.3. The molecule has 0 aliphatic rings. The Balaban J connectivity index is 0.00000139. The number of benzene rings is 2. The van der Waals surface area contributed by atoms with E-state index < -0.39 is 12.2 Å². The average molecular weight is 335 g/mol. The van der Waals surface area contributed by atoms with Gasteiger partial charge in [0.1, 0.15) is 5.75 Å². The highest BCUT2D eigenvalue weighted by atomic mass is 19.3. The second-order valence-electron chi connectivity index (χ2n) is 4.84. The van der Waals surface area contributed by atoms with Gasteiger partial charge in [0, 0.05) is 5.56 Å². The Bertz CT molecular complexity index is 736. The van der Waals surface area contributed by atoms with Crippen molar-refractivity contribution in [2.24, 2.45) is 0 Å². The molecule has 24 heavy (non-hydrogen) atoms. The summed E-state index contributed by atoms with van der Waals surface area (Å²) in [5, 5.41) is 8.90. The van der Waals surface area contributed by atoms with Crippen LogP contribution in [0.25, 0.3) is 0 Å². The van der Waals surface area contributed by atoms with Crippen LogP contribution in [0.3, 0.4) is 0 Å². The number of alkyl halides is 2. The Morgan fingerprint density at radius 3 is 2.38 bits per heavy atom. The number of aryl methyl sites for hydroxylation is 2. The highest BCUT2D eigenvalue weighted by Gasteiger charge is 2.15. The molecule has 0 heterocycles. The minimum atomic E-state index is -2.73. The van der Waals surface area contributed by atoms with E-state index in [-0.39, 0.29) is 22.6 Å². The largest absolute Gasteiger partial charge is 0.454 e. The smallest absolute Gasteiger partial charge is 0.264 e. The number of nitrogens with zero attached hydrogens (tertiary/aromatic N) is 1. The van der Waals surface area contributed by atoms with Crippen LogP contribution in [0, 0.1) is 24.1 Å². The fraction of sp³-hybridized carbons (Fsp3) is 0.316. The number of nitriles is 1. The predicted molar refractivity (Wildman–Crippen MR) is 88.1 cm³/mol. The second kappa shape index (κ2) is 8.97. The van der Waals surface area contributed by atoms with E-state index in [2.05, 4.69) is 0 Å². The van der Waals surface area contributed by atoms with Gasteiger partial charge in [-0.05, 0) is 42.7 Å². The molecular weight excluding hydrogens is 315 g/mol. The van der Waals surface area contributed by atoms with Crippen molar-refractivity contribution in [2.75, 3.05) is 0 Å². The maximum absolute atomic E-state index is 14.3. The van der Waals surface area contributed by atoms with Crippen LogP contribution in [0.4, 0.5) is 13.2 Å². The van der Waals surface area contributed by atoms with Crippen molar-refractivity contribution in [2.45, 2.75) is 40.5 Å². The quantitative estimate of drug-likeness (QED) is 0.654. The molecule has 128 valence electrons. The first kappa shape index (κ1) is 19.6. The number of halogens is 3. The molecule has 2 rings (SSSR count). The lowest BCUT2D eigenvalue weighted by molar-refractivity contribution is 0.151. The normalized spacial score (nSPS) is 9.96. The lowest BCUT2D eigenvalue weighted by atomic mass is 10.1. The molecule has 2 nitrogen and oxygen atoms in total. The summed E-state index contributed by atoms with van der Waals surface area (Å²) in [6, 6.07) is 8.67.